The second-order valence-electron chi connectivity index (χ2n) is 8.22. The van der Waals surface area contributed by atoms with Crippen molar-refractivity contribution >= 4 is 23.0 Å². The van der Waals surface area contributed by atoms with Crippen molar-refractivity contribution in [3.8, 4) is 0 Å². The van der Waals surface area contributed by atoms with Crippen LogP contribution in [0.3, 0.4) is 0 Å². The van der Waals surface area contributed by atoms with Gasteiger partial charge in [-0.15, -0.1) is 0 Å². The summed E-state index contributed by atoms with van der Waals surface area (Å²) in [5.74, 6) is 0.282. The van der Waals surface area contributed by atoms with Crippen LogP contribution in [0.1, 0.15) is 45.6 Å². The van der Waals surface area contributed by atoms with Crippen LogP contribution in [0.4, 0.5) is 11.4 Å². The molecule has 0 saturated carbocycles. The number of amides is 1. The minimum atomic E-state index is -0.284. The number of rotatable bonds is 9. The number of nitrogens with zero attached hydrogens (tertiary/aromatic N) is 2. The van der Waals surface area contributed by atoms with E-state index < -0.39 is 0 Å². The lowest BCUT2D eigenvalue weighted by Crippen LogP contribution is -2.46. The quantitative estimate of drug-likeness (QED) is 0.569. The van der Waals surface area contributed by atoms with Crippen LogP contribution in [0.15, 0.2) is 18.2 Å². The van der Waals surface area contributed by atoms with E-state index in [0.29, 0.717) is 11.5 Å². The van der Waals surface area contributed by atoms with Gasteiger partial charge in [0, 0.05) is 56.7 Å². The molecule has 0 aromatic heterocycles. The topological polar surface area (TPSA) is 71.5 Å². The Morgan fingerprint density at radius 3 is 2.57 bits per heavy atom. The van der Waals surface area contributed by atoms with Gasteiger partial charge in [-0.3, -0.25) is 10.2 Å². The second kappa shape index (κ2) is 10.5. The molecule has 0 bridgehead atoms. The molecule has 1 saturated heterocycles. The molecule has 0 radical (unpaired) electrons. The highest BCUT2D eigenvalue weighted by atomic mass is 16.1. The van der Waals surface area contributed by atoms with Crippen LogP contribution >= 0.6 is 0 Å². The molecule has 1 aromatic carbocycles. The lowest BCUT2D eigenvalue weighted by Gasteiger charge is -2.32. The van der Waals surface area contributed by atoms with Gasteiger partial charge < -0.3 is 20.4 Å². The Bertz CT molecular complexity index is 665. The summed E-state index contributed by atoms with van der Waals surface area (Å²) < 4.78 is 0. The molecule has 0 atom stereocenters. The van der Waals surface area contributed by atoms with E-state index in [4.69, 9.17) is 5.41 Å². The lowest BCUT2D eigenvalue weighted by molar-refractivity contribution is -0.115. The number of hydrogen-bond donors (Lipinski definition) is 3. The van der Waals surface area contributed by atoms with Crippen LogP contribution in [0.2, 0.25) is 0 Å². The largest absolute Gasteiger partial charge is 0.388 e. The zero-order valence-electron chi connectivity index (χ0n) is 18.1. The van der Waals surface area contributed by atoms with Gasteiger partial charge in [-0.25, -0.2) is 0 Å². The molecule has 1 aliphatic heterocycles. The summed E-state index contributed by atoms with van der Waals surface area (Å²) in [6.07, 6.45) is 3.07. The third-order valence-corrected chi connectivity index (χ3v) is 5.31. The lowest BCUT2D eigenvalue weighted by atomic mass is 10.0. The first kappa shape index (κ1) is 22.2. The first-order valence-electron chi connectivity index (χ1n) is 10.5. The van der Waals surface area contributed by atoms with E-state index in [1.54, 1.807) is 0 Å². The summed E-state index contributed by atoms with van der Waals surface area (Å²) in [7, 11) is 3.90. The molecule has 2 rings (SSSR count). The average molecular weight is 388 g/mol. The molecule has 1 aliphatic rings. The smallest absolute Gasteiger partial charge is 0.270 e. The first-order chi connectivity index (χ1) is 13.3. The predicted octanol–water partition coefficient (Wildman–Crippen LogP) is 3.18. The maximum absolute atomic E-state index is 12.7. The molecule has 1 fully saturated rings. The highest BCUT2D eigenvalue weighted by molar-refractivity contribution is 6.45. The van der Waals surface area contributed by atoms with E-state index in [0.717, 1.165) is 56.8 Å². The molecule has 0 aliphatic carbocycles. The molecule has 6 nitrogen and oxygen atoms in total. The van der Waals surface area contributed by atoms with Gasteiger partial charge in [0.25, 0.3) is 5.91 Å². The third-order valence-electron chi connectivity index (χ3n) is 5.31. The van der Waals surface area contributed by atoms with Crippen molar-refractivity contribution in [3.05, 3.63) is 23.8 Å². The van der Waals surface area contributed by atoms with Crippen molar-refractivity contribution in [2.75, 3.05) is 50.5 Å². The Morgan fingerprint density at radius 1 is 1.32 bits per heavy atom. The third kappa shape index (κ3) is 5.96. The SMILES string of the molecule is CCCN1CCC(NC(=O)C(=N)c2ccc(N(C)CC(C)C)cc2NC)CC1. The van der Waals surface area contributed by atoms with Crippen LogP contribution < -0.4 is 15.5 Å². The van der Waals surface area contributed by atoms with Gasteiger partial charge in [-0.2, -0.15) is 0 Å². The summed E-state index contributed by atoms with van der Waals surface area (Å²) in [4.78, 5) is 17.3. The fourth-order valence-electron chi connectivity index (χ4n) is 3.84. The predicted molar refractivity (Wildman–Crippen MR) is 119 cm³/mol. The zero-order chi connectivity index (χ0) is 20.7. The van der Waals surface area contributed by atoms with Crippen molar-refractivity contribution in [2.45, 2.75) is 46.1 Å². The van der Waals surface area contributed by atoms with E-state index in [1.807, 2.05) is 25.2 Å². The summed E-state index contributed by atoms with van der Waals surface area (Å²) in [5, 5.41) is 14.6. The van der Waals surface area contributed by atoms with Crippen LogP contribution in [0.25, 0.3) is 0 Å². The molecule has 0 spiro atoms. The average Bonchev–Trinajstić information content (AvgIpc) is 2.68. The van der Waals surface area contributed by atoms with Crippen LogP contribution in [0, 0.1) is 11.3 Å². The highest BCUT2D eigenvalue weighted by Gasteiger charge is 2.23. The minimum absolute atomic E-state index is 0.0263. The number of carbonyl (C=O) groups is 1. The monoisotopic (exact) mass is 387 g/mol. The first-order valence-corrected chi connectivity index (χ1v) is 10.5. The van der Waals surface area contributed by atoms with E-state index >= 15 is 0 Å². The summed E-state index contributed by atoms with van der Waals surface area (Å²) >= 11 is 0. The zero-order valence-corrected chi connectivity index (χ0v) is 18.1. The molecule has 156 valence electrons. The van der Waals surface area contributed by atoms with Gasteiger partial charge in [-0.1, -0.05) is 20.8 Å². The van der Waals surface area contributed by atoms with Crippen LogP contribution in [0.5, 0.6) is 0 Å². The molecule has 3 N–H and O–H groups in total. The number of likely N-dealkylation sites (tertiary alicyclic amines) is 1. The second-order valence-corrected chi connectivity index (χ2v) is 8.22. The molecule has 1 amide bonds. The fourth-order valence-corrected chi connectivity index (χ4v) is 3.84. The Hall–Kier alpha value is -2.08. The Balaban J connectivity index is 2.01. The van der Waals surface area contributed by atoms with E-state index in [1.165, 1.54) is 0 Å². The molecule has 6 heteroatoms. The maximum atomic E-state index is 12.7. The standard InChI is InChI=1S/C22H37N5O/c1-6-11-27-12-9-17(10-13-27)25-22(28)21(23)19-8-7-18(14-20(19)24-4)26(5)15-16(2)3/h7-8,14,16-17,23-24H,6,9-13,15H2,1-5H3,(H,25,28). The van der Waals surface area contributed by atoms with Gasteiger partial charge in [0.05, 0.1) is 0 Å². The molecule has 1 aromatic rings. The maximum Gasteiger partial charge on any atom is 0.270 e. The molecular weight excluding hydrogens is 350 g/mol. The van der Waals surface area contributed by atoms with E-state index in [-0.39, 0.29) is 17.7 Å². The summed E-state index contributed by atoms with van der Waals surface area (Å²) in [6.45, 7) is 10.7. The molecule has 1 heterocycles. The van der Waals surface area contributed by atoms with Crippen molar-refractivity contribution in [1.82, 2.24) is 10.2 Å². The summed E-state index contributed by atoms with van der Waals surface area (Å²) in [6, 6.07) is 6.05. The molecule has 0 unspecified atom stereocenters. The van der Waals surface area contributed by atoms with Crippen molar-refractivity contribution in [3.63, 3.8) is 0 Å². The number of piperidine rings is 1. The number of nitrogens with one attached hydrogen (secondary N) is 3. The van der Waals surface area contributed by atoms with Gasteiger partial charge in [0.2, 0.25) is 0 Å². The number of hydrogen-bond acceptors (Lipinski definition) is 5. The van der Waals surface area contributed by atoms with Crippen molar-refractivity contribution < 1.29 is 4.79 Å². The van der Waals surface area contributed by atoms with Gasteiger partial charge in [-0.05, 0) is 49.9 Å². The van der Waals surface area contributed by atoms with E-state index in [2.05, 4.69) is 48.3 Å². The normalized spacial score (nSPS) is 15.5. The Morgan fingerprint density at radius 2 is 2.00 bits per heavy atom. The van der Waals surface area contributed by atoms with E-state index in [9.17, 15) is 4.79 Å². The van der Waals surface area contributed by atoms with Gasteiger partial charge in [0.15, 0.2) is 0 Å². The minimum Gasteiger partial charge on any atom is -0.388 e. The Labute approximate surface area is 170 Å². The Kier molecular flexibility index (Phi) is 8.30. The highest BCUT2D eigenvalue weighted by Crippen LogP contribution is 2.24. The van der Waals surface area contributed by atoms with Crippen molar-refractivity contribution in [1.29, 1.82) is 5.41 Å². The molecular formula is C22H37N5O. The molecule has 28 heavy (non-hydrogen) atoms. The number of anilines is 2. The van der Waals surface area contributed by atoms with Crippen LogP contribution in [-0.2, 0) is 4.79 Å². The fraction of sp³-hybridized carbons (Fsp3) is 0.636. The van der Waals surface area contributed by atoms with Gasteiger partial charge >= 0.3 is 0 Å². The van der Waals surface area contributed by atoms with Crippen molar-refractivity contribution in [2.24, 2.45) is 5.92 Å². The van der Waals surface area contributed by atoms with Crippen LogP contribution in [-0.4, -0.2) is 62.8 Å². The summed E-state index contributed by atoms with van der Waals surface area (Å²) in [5.41, 5.74) is 2.56. The number of benzene rings is 1. The number of carbonyl (C=O) groups excluding carboxylic acids is 1. The van der Waals surface area contributed by atoms with Gasteiger partial charge in [0.1, 0.15) is 5.71 Å².